The molecule has 0 radical (unpaired) electrons. The molecular formula is C12H12FN3O. The van der Waals surface area contributed by atoms with E-state index in [0.29, 0.717) is 11.4 Å². The smallest absolute Gasteiger partial charge is 0.259 e. The summed E-state index contributed by atoms with van der Waals surface area (Å²) in [5.41, 5.74) is 7.33. The van der Waals surface area contributed by atoms with Crippen LogP contribution in [0.25, 0.3) is 0 Å². The molecule has 17 heavy (non-hydrogen) atoms. The molecule has 0 spiro atoms. The molecule has 2 N–H and O–H groups in total. The quantitative estimate of drug-likeness (QED) is 0.810. The van der Waals surface area contributed by atoms with E-state index in [0.717, 1.165) is 5.56 Å². The molecular weight excluding hydrogens is 221 g/mol. The molecule has 0 unspecified atom stereocenters. The number of hydrogen-bond donors (Lipinski definition) is 1. The van der Waals surface area contributed by atoms with Gasteiger partial charge in [-0.15, -0.1) is 0 Å². The summed E-state index contributed by atoms with van der Waals surface area (Å²) in [5, 5.41) is 0. The summed E-state index contributed by atoms with van der Waals surface area (Å²) in [6.07, 6.45) is 1.26. The van der Waals surface area contributed by atoms with Crippen molar-refractivity contribution in [3.63, 3.8) is 0 Å². The molecule has 0 atom stereocenters. The molecule has 2 aromatic rings. The lowest BCUT2D eigenvalue weighted by Gasteiger charge is -2.09. The number of halogens is 1. The van der Waals surface area contributed by atoms with Crippen molar-refractivity contribution in [2.24, 2.45) is 0 Å². The van der Waals surface area contributed by atoms with E-state index < -0.39 is 5.82 Å². The van der Waals surface area contributed by atoms with Crippen LogP contribution in [0.3, 0.4) is 0 Å². The zero-order valence-electron chi connectivity index (χ0n) is 9.57. The van der Waals surface area contributed by atoms with E-state index in [1.807, 2.05) is 6.92 Å². The maximum Gasteiger partial charge on any atom is 0.259 e. The molecule has 0 aliphatic carbocycles. The number of ether oxygens (including phenoxy) is 1. The van der Waals surface area contributed by atoms with Gasteiger partial charge < -0.3 is 10.5 Å². The van der Waals surface area contributed by atoms with Crippen molar-refractivity contribution in [1.29, 1.82) is 0 Å². The third kappa shape index (κ3) is 2.33. The van der Waals surface area contributed by atoms with E-state index in [4.69, 9.17) is 10.5 Å². The molecule has 88 valence electrons. The zero-order valence-corrected chi connectivity index (χ0v) is 9.57. The van der Waals surface area contributed by atoms with Gasteiger partial charge in [0.05, 0.1) is 5.69 Å². The maximum absolute atomic E-state index is 13.6. The van der Waals surface area contributed by atoms with Gasteiger partial charge in [-0.3, -0.25) is 0 Å². The molecule has 5 heteroatoms. The molecule has 0 amide bonds. The predicted molar refractivity (Wildman–Crippen MR) is 62.4 cm³/mol. The summed E-state index contributed by atoms with van der Waals surface area (Å²) >= 11 is 0. The fourth-order valence-electron chi connectivity index (χ4n) is 1.40. The number of nitrogens with zero attached hydrogens (tertiary/aromatic N) is 2. The lowest BCUT2D eigenvalue weighted by Crippen LogP contribution is -1.98. The van der Waals surface area contributed by atoms with Crippen LogP contribution >= 0.6 is 0 Å². The fraction of sp³-hybridized carbons (Fsp3) is 0.167. The summed E-state index contributed by atoms with van der Waals surface area (Å²) in [7, 11) is 0. The Kier molecular flexibility index (Phi) is 2.91. The van der Waals surface area contributed by atoms with Crippen molar-refractivity contribution >= 4 is 5.69 Å². The first-order chi connectivity index (χ1) is 8.08. The highest BCUT2D eigenvalue weighted by atomic mass is 19.1. The minimum atomic E-state index is -0.552. The van der Waals surface area contributed by atoms with Crippen LogP contribution in [-0.2, 0) is 0 Å². The summed E-state index contributed by atoms with van der Waals surface area (Å²) in [6.45, 7) is 3.39. The van der Waals surface area contributed by atoms with Crippen molar-refractivity contribution in [2.75, 3.05) is 5.73 Å². The number of aryl methyl sites for hydroxylation is 2. The Bertz CT molecular complexity index is 557. The van der Waals surface area contributed by atoms with Crippen LogP contribution in [0.5, 0.6) is 11.6 Å². The minimum Gasteiger partial charge on any atom is -0.436 e. The van der Waals surface area contributed by atoms with E-state index in [2.05, 4.69) is 9.97 Å². The Morgan fingerprint density at radius 2 is 2.00 bits per heavy atom. The summed E-state index contributed by atoms with van der Waals surface area (Å²) in [5.74, 6) is -0.106. The predicted octanol–water partition coefficient (Wildman–Crippen LogP) is 2.61. The normalized spacial score (nSPS) is 10.3. The molecule has 4 nitrogen and oxygen atoms in total. The van der Waals surface area contributed by atoms with Gasteiger partial charge in [0.25, 0.3) is 5.88 Å². The lowest BCUT2D eigenvalue weighted by atomic mass is 10.2. The highest BCUT2D eigenvalue weighted by Gasteiger charge is 2.11. The van der Waals surface area contributed by atoms with E-state index in [-0.39, 0.29) is 11.6 Å². The first-order valence-electron chi connectivity index (χ1n) is 5.09. The average molecular weight is 233 g/mol. The van der Waals surface area contributed by atoms with Crippen LogP contribution < -0.4 is 10.5 Å². The molecule has 0 bridgehead atoms. The van der Waals surface area contributed by atoms with E-state index in [9.17, 15) is 4.39 Å². The highest BCUT2D eigenvalue weighted by Crippen LogP contribution is 2.27. The number of aromatic nitrogens is 2. The number of hydrogen-bond acceptors (Lipinski definition) is 4. The third-order valence-corrected chi connectivity index (χ3v) is 2.34. The first-order valence-corrected chi connectivity index (χ1v) is 5.09. The number of anilines is 1. The SMILES string of the molecule is Cc1cc(N)ccc1Oc1ncnc(C)c1F. The second-order valence-electron chi connectivity index (χ2n) is 3.71. The molecule has 0 fully saturated rings. The van der Waals surface area contributed by atoms with E-state index in [1.54, 1.807) is 25.1 Å². The van der Waals surface area contributed by atoms with Gasteiger partial charge in [0.15, 0.2) is 0 Å². The van der Waals surface area contributed by atoms with Gasteiger partial charge in [0.1, 0.15) is 12.1 Å². The Morgan fingerprint density at radius 3 is 2.71 bits per heavy atom. The molecule has 0 saturated heterocycles. The average Bonchev–Trinajstić information content (AvgIpc) is 2.28. The minimum absolute atomic E-state index is 0.0784. The van der Waals surface area contributed by atoms with Crippen molar-refractivity contribution < 1.29 is 9.13 Å². The van der Waals surface area contributed by atoms with Crippen LogP contribution in [0.4, 0.5) is 10.1 Å². The highest BCUT2D eigenvalue weighted by molar-refractivity contribution is 5.48. The van der Waals surface area contributed by atoms with Crippen molar-refractivity contribution in [2.45, 2.75) is 13.8 Å². The van der Waals surface area contributed by atoms with Crippen LogP contribution in [0, 0.1) is 19.7 Å². The standard InChI is InChI=1S/C12H12FN3O/c1-7-5-9(14)3-4-10(7)17-12-11(13)8(2)15-6-16-12/h3-6H,14H2,1-2H3. The molecule has 2 rings (SSSR count). The second-order valence-corrected chi connectivity index (χ2v) is 3.71. The monoisotopic (exact) mass is 233 g/mol. The topological polar surface area (TPSA) is 61.0 Å². The van der Waals surface area contributed by atoms with Crippen molar-refractivity contribution in [3.05, 3.63) is 41.6 Å². The number of rotatable bonds is 2. The molecule has 0 saturated carbocycles. The summed E-state index contributed by atoms with van der Waals surface area (Å²) < 4.78 is 19.0. The van der Waals surface area contributed by atoms with Gasteiger partial charge >= 0.3 is 0 Å². The van der Waals surface area contributed by atoms with Crippen LogP contribution in [0.2, 0.25) is 0 Å². The van der Waals surface area contributed by atoms with Crippen LogP contribution in [-0.4, -0.2) is 9.97 Å². The van der Waals surface area contributed by atoms with Gasteiger partial charge in [-0.25, -0.2) is 4.98 Å². The van der Waals surface area contributed by atoms with Crippen LogP contribution in [0.15, 0.2) is 24.5 Å². The fourth-order valence-corrected chi connectivity index (χ4v) is 1.40. The Balaban J connectivity index is 2.35. The summed E-state index contributed by atoms with van der Waals surface area (Å²) in [4.78, 5) is 7.49. The number of nitrogen functional groups attached to an aromatic ring is 1. The maximum atomic E-state index is 13.6. The molecule has 0 aliphatic heterocycles. The Hall–Kier alpha value is -2.17. The van der Waals surface area contributed by atoms with Crippen molar-refractivity contribution in [3.8, 4) is 11.6 Å². The van der Waals surface area contributed by atoms with E-state index in [1.165, 1.54) is 6.33 Å². The Morgan fingerprint density at radius 1 is 1.24 bits per heavy atom. The van der Waals surface area contributed by atoms with Crippen LogP contribution in [0.1, 0.15) is 11.3 Å². The third-order valence-electron chi connectivity index (χ3n) is 2.34. The van der Waals surface area contributed by atoms with Gasteiger partial charge in [0.2, 0.25) is 5.82 Å². The van der Waals surface area contributed by atoms with E-state index >= 15 is 0 Å². The van der Waals surface area contributed by atoms with Gasteiger partial charge in [0, 0.05) is 5.69 Å². The zero-order chi connectivity index (χ0) is 12.4. The number of benzene rings is 1. The number of nitrogens with two attached hydrogens (primary N) is 1. The molecule has 0 aliphatic rings. The first kappa shape index (κ1) is 11.3. The molecule has 1 heterocycles. The summed E-state index contributed by atoms with van der Waals surface area (Å²) in [6, 6.07) is 5.12. The van der Waals surface area contributed by atoms with Crippen molar-refractivity contribution in [1.82, 2.24) is 9.97 Å². The lowest BCUT2D eigenvalue weighted by molar-refractivity contribution is 0.414. The van der Waals surface area contributed by atoms with Gasteiger partial charge in [-0.05, 0) is 37.6 Å². The Labute approximate surface area is 98.3 Å². The second kappa shape index (κ2) is 4.37. The molecule has 1 aromatic heterocycles. The molecule has 1 aromatic carbocycles. The van der Waals surface area contributed by atoms with Gasteiger partial charge in [-0.2, -0.15) is 9.37 Å². The largest absolute Gasteiger partial charge is 0.436 e. The van der Waals surface area contributed by atoms with Gasteiger partial charge in [-0.1, -0.05) is 0 Å².